The Hall–Kier alpha value is -2.63. The van der Waals surface area contributed by atoms with E-state index in [0.717, 1.165) is 21.6 Å². The maximum absolute atomic E-state index is 13.0. The number of aryl methyl sites for hydroxylation is 1. The Morgan fingerprint density at radius 3 is 2.31 bits per heavy atom. The highest BCUT2D eigenvalue weighted by Crippen LogP contribution is 2.31. The Balaban J connectivity index is 2.12. The van der Waals surface area contributed by atoms with Crippen molar-refractivity contribution in [2.24, 2.45) is 0 Å². The second-order valence-electron chi connectivity index (χ2n) is 5.57. The molecule has 132 valence electrons. The summed E-state index contributed by atoms with van der Waals surface area (Å²) < 4.78 is 27.1. The first-order valence-electron chi connectivity index (χ1n) is 7.75. The number of hydrogen-bond donors (Lipinski definition) is 0. The van der Waals surface area contributed by atoms with E-state index in [-0.39, 0.29) is 16.5 Å². The van der Waals surface area contributed by atoms with Gasteiger partial charge >= 0.3 is 0 Å². The van der Waals surface area contributed by atoms with E-state index >= 15 is 0 Å². The van der Waals surface area contributed by atoms with E-state index < -0.39 is 10.0 Å². The smallest absolute Gasteiger partial charge is 0.251 e. The Morgan fingerprint density at radius 2 is 1.69 bits per heavy atom. The monoisotopic (exact) mass is 384 g/mol. The lowest BCUT2D eigenvalue weighted by Gasteiger charge is -2.20. The van der Waals surface area contributed by atoms with Crippen molar-refractivity contribution in [3.8, 4) is 6.07 Å². The fourth-order valence-corrected chi connectivity index (χ4v) is 4.24. The van der Waals surface area contributed by atoms with Crippen molar-refractivity contribution in [3.63, 3.8) is 0 Å². The van der Waals surface area contributed by atoms with Crippen LogP contribution in [0.25, 0.3) is 11.0 Å². The van der Waals surface area contributed by atoms with Gasteiger partial charge in [-0.3, -0.25) is 4.31 Å². The van der Waals surface area contributed by atoms with Gasteiger partial charge in [-0.2, -0.15) is 5.26 Å². The highest BCUT2D eigenvalue weighted by Gasteiger charge is 2.25. The molecule has 0 aliphatic heterocycles. The van der Waals surface area contributed by atoms with Gasteiger partial charge in [-0.05, 0) is 31.2 Å². The largest absolute Gasteiger partial charge is 0.265 e. The molecule has 0 aliphatic rings. The fourth-order valence-electron chi connectivity index (χ4n) is 2.36. The second kappa shape index (κ2) is 7.32. The van der Waals surface area contributed by atoms with E-state index in [1.54, 1.807) is 36.4 Å². The van der Waals surface area contributed by atoms with Gasteiger partial charge in [0.1, 0.15) is 5.03 Å². The molecule has 0 atom stereocenters. The van der Waals surface area contributed by atoms with Crippen LogP contribution >= 0.6 is 11.8 Å². The number of aromatic nitrogens is 2. The van der Waals surface area contributed by atoms with Crippen LogP contribution in [0.15, 0.2) is 58.5 Å². The van der Waals surface area contributed by atoms with Gasteiger partial charge in [0, 0.05) is 7.05 Å². The summed E-state index contributed by atoms with van der Waals surface area (Å²) in [6.45, 7) is 1.89. The highest BCUT2D eigenvalue weighted by molar-refractivity contribution is 7.99. The van der Waals surface area contributed by atoms with Crippen LogP contribution in [0.5, 0.6) is 0 Å². The number of thioether (sulfide) groups is 1. The van der Waals surface area contributed by atoms with Crippen molar-refractivity contribution in [2.75, 3.05) is 17.1 Å². The number of para-hydroxylation sites is 2. The molecule has 0 bridgehead atoms. The molecule has 0 amide bonds. The zero-order chi connectivity index (χ0) is 18.7. The molecule has 0 radical (unpaired) electrons. The summed E-state index contributed by atoms with van der Waals surface area (Å²) in [6, 6.07) is 15.9. The van der Waals surface area contributed by atoms with Gasteiger partial charge in [-0.25, -0.2) is 18.4 Å². The minimum absolute atomic E-state index is 0.151. The van der Waals surface area contributed by atoms with Gasteiger partial charge < -0.3 is 0 Å². The average molecular weight is 384 g/mol. The van der Waals surface area contributed by atoms with Crippen molar-refractivity contribution in [2.45, 2.75) is 16.8 Å². The molecule has 0 unspecified atom stereocenters. The first kappa shape index (κ1) is 18.2. The summed E-state index contributed by atoms with van der Waals surface area (Å²) in [5.41, 5.74) is 2.22. The molecular formula is C18H16N4O2S2. The fraction of sp³-hybridized carbons (Fsp3) is 0.167. The maximum atomic E-state index is 13.0. The first-order valence-corrected chi connectivity index (χ1v) is 10.2. The Kier molecular flexibility index (Phi) is 5.11. The first-order chi connectivity index (χ1) is 12.4. The van der Waals surface area contributed by atoms with Crippen LogP contribution in [0, 0.1) is 18.3 Å². The lowest BCUT2D eigenvalue weighted by molar-refractivity contribution is 0.593. The minimum atomic E-state index is -3.79. The van der Waals surface area contributed by atoms with Crippen molar-refractivity contribution >= 4 is 38.6 Å². The minimum Gasteiger partial charge on any atom is -0.251 e. The molecule has 0 saturated heterocycles. The van der Waals surface area contributed by atoms with Crippen LogP contribution in [0.4, 0.5) is 5.82 Å². The van der Waals surface area contributed by atoms with Crippen molar-refractivity contribution in [1.82, 2.24) is 9.97 Å². The third-order valence-corrected chi connectivity index (χ3v) is 6.36. The molecular weight excluding hydrogens is 368 g/mol. The molecule has 26 heavy (non-hydrogen) atoms. The summed E-state index contributed by atoms with van der Waals surface area (Å²) in [7, 11) is -2.34. The molecule has 1 aromatic heterocycles. The quantitative estimate of drug-likeness (QED) is 0.627. The summed E-state index contributed by atoms with van der Waals surface area (Å²) in [5.74, 6) is 0.364. The lowest BCUT2D eigenvalue weighted by atomic mass is 10.2. The number of nitrogens with zero attached hydrogens (tertiary/aromatic N) is 4. The van der Waals surface area contributed by atoms with Gasteiger partial charge in [-0.1, -0.05) is 41.6 Å². The van der Waals surface area contributed by atoms with Crippen LogP contribution in [-0.2, 0) is 10.0 Å². The van der Waals surface area contributed by atoms with Gasteiger partial charge in [0.25, 0.3) is 10.0 Å². The van der Waals surface area contributed by atoms with E-state index in [2.05, 4.69) is 9.97 Å². The highest BCUT2D eigenvalue weighted by atomic mass is 32.2. The Labute approximate surface area is 156 Å². The van der Waals surface area contributed by atoms with Gasteiger partial charge in [0.2, 0.25) is 0 Å². The zero-order valence-corrected chi connectivity index (χ0v) is 15.9. The summed E-state index contributed by atoms with van der Waals surface area (Å²) in [5, 5.41) is 9.29. The normalized spacial score (nSPS) is 11.3. The number of sulfonamides is 1. The van der Waals surface area contributed by atoms with Crippen LogP contribution in [0.3, 0.4) is 0 Å². The zero-order valence-electron chi connectivity index (χ0n) is 14.2. The molecule has 3 aromatic rings. The number of fused-ring (bicyclic) bond motifs is 1. The van der Waals surface area contributed by atoms with Gasteiger partial charge in [0.05, 0.1) is 27.8 Å². The number of benzene rings is 2. The third-order valence-electron chi connectivity index (χ3n) is 3.77. The Bertz CT molecular complexity index is 1090. The molecule has 0 spiro atoms. The van der Waals surface area contributed by atoms with E-state index in [9.17, 15) is 8.42 Å². The summed E-state index contributed by atoms with van der Waals surface area (Å²) in [6.07, 6.45) is 0. The number of rotatable bonds is 5. The second-order valence-corrected chi connectivity index (χ2v) is 8.51. The van der Waals surface area contributed by atoms with Gasteiger partial charge in [-0.15, -0.1) is 0 Å². The number of hydrogen-bond acceptors (Lipinski definition) is 6. The standard InChI is InChI=1S/C18H16N4O2S2/c1-13-7-9-14(10-8-13)26(23,24)22(2)17-18(25-12-11-19)21-16-6-4-3-5-15(16)20-17/h3-10H,12H2,1-2H3. The molecule has 6 nitrogen and oxygen atoms in total. The van der Waals surface area contributed by atoms with E-state index in [0.29, 0.717) is 16.1 Å². The number of nitriles is 1. The van der Waals surface area contributed by atoms with Crippen molar-refractivity contribution < 1.29 is 8.42 Å². The summed E-state index contributed by atoms with van der Waals surface area (Å²) in [4.78, 5) is 9.17. The van der Waals surface area contributed by atoms with Crippen molar-refractivity contribution in [1.29, 1.82) is 5.26 Å². The molecule has 0 saturated carbocycles. The average Bonchev–Trinajstić information content (AvgIpc) is 2.65. The van der Waals surface area contributed by atoms with Gasteiger partial charge in [0.15, 0.2) is 5.82 Å². The predicted molar refractivity (Wildman–Crippen MR) is 103 cm³/mol. The van der Waals surface area contributed by atoms with E-state index in [4.69, 9.17) is 5.26 Å². The molecule has 2 aromatic carbocycles. The predicted octanol–water partition coefficient (Wildman–Crippen LogP) is 3.38. The lowest BCUT2D eigenvalue weighted by Crippen LogP contribution is -2.28. The molecule has 1 heterocycles. The molecule has 3 rings (SSSR count). The maximum Gasteiger partial charge on any atom is 0.265 e. The molecule has 8 heteroatoms. The van der Waals surface area contributed by atoms with Crippen molar-refractivity contribution in [3.05, 3.63) is 54.1 Å². The SMILES string of the molecule is Cc1ccc(S(=O)(=O)N(C)c2nc3ccccc3nc2SCC#N)cc1. The molecule has 0 fully saturated rings. The summed E-state index contributed by atoms with van der Waals surface area (Å²) >= 11 is 1.16. The Morgan fingerprint density at radius 1 is 1.08 bits per heavy atom. The topological polar surface area (TPSA) is 87.0 Å². The van der Waals surface area contributed by atoms with E-state index in [1.165, 1.54) is 7.05 Å². The van der Waals surface area contributed by atoms with E-state index in [1.807, 2.05) is 25.1 Å². The van der Waals surface area contributed by atoms with Crippen LogP contribution in [0.2, 0.25) is 0 Å². The number of anilines is 1. The van der Waals surface area contributed by atoms with Crippen LogP contribution < -0.4 is 4.31 Å². The van der Waals surface area contributed by atoms with Crippen LogP contribution in [-0.4, -0.2) is 31.2 Å². The van der Waals surface area contributed by atoms with Crippen LogP contribution in [0.1, 0.15) is 5.56 Å². The molecule has 0 N–H and O–H groups in total. The molecule has 0 aliphatic carbocycles. The third kappa shape index (κ3) is 3.49.